The van der Waals surface area contributed by atoms with Crippen molar-refractivity contribution in [2.45, 2.75) is 26.2 Å². The minimum absolute atomic E-state index is 0.167. The first-order valence-electron chi connectivity index (χ1n) is 6.25. The molecule has 92 valence electrons. The summed E-state index contributed by atoms with van der Waals surface area (Å²) in [5.74, 6) is 0.312. The van der Waals surface area contributed by atoms with Crippen LogP contribution in [0.1, 0.15) is 24.8 Å². The van der Waals surface area contributed by atoms with Crippen LogP contribution in [-0.2, 0) is 4.79 Å². The number of anilines is 1. The second kappa shape index (κ2) is 5.21. The Bertz CT molecular complexity index is 395. The van der Waals surface area contributed by atoms with Crippen molar-refractivity contribution >= 4 is 11.6 Å². The van der Waals surface area contributed by atoms with Crippen LogP contribution in [0, 0.1) is 12.8 Å². The second-order valence-corrected chi connectivity index (χ2v) is 4.89. The van der Waals surface area contributed by atoms with Gasteiger partial charge in [-0.3, -0.25) is 4.79 Å². The third-order valence-electron chi connectivity index (χ3n) is 3.56. The van der Waals surface area contributed by atoms with Gasteiger partial charge in [0.2, 0.25) is 5.91 Å². The first kappa shape index (κ1) is 12.0. The van der Waals surface area contributed by atoms with Gasteiger partial charge in [0.1, 0.15) is 0 Å². The fourth-order valence-electron chi connectivity index (χ4n) is 2.58. The van der Waals surface area contributed by atoms with Gasteiger partial charge in [-0.15, -0.1) is 0 Å². The predicted octanol–water partition coefficient (Wildman–Crippen LogP) is 2.09. The number of rotatable bonds is 3. The summed E-state index contributed by atoms with van der Waals surface area (Å²) in [6.45, 7) is 4.20. The zero-order chi connectivity index (χ0) is 12.3. The van der Waals surface area contributed by atoms with E-state index in [-0.39, 0.29) is 5.91 Å². The molecule has 1 saturated heterocycles. The van der Waals surface area contributed by atoms with E-state index in [0.29, 0.717) is 12.3 Å². The molecule has 2 N–H and O–H groups in total. The van der Waals surface area contributed by atoms with Gasteiger partial charge in [-0.05, 0) is 37.3 Å². The molecule has 0 spiro atoms. The Labute approximate surface area is 103 Å². The van der Waals surface area contributed by atoms with E-state index in [2.05, 4.69) is 36.1 Å². The highest BCUT2D eigenvalue weighted by Crippen LogP contribution is 2.26. The normalized spacial score (nSPS) is 17.1. The summed E-state index contributed by atoms with van der Waals surface area (Å²) in [6.07, 6.45) is 2.68. The third kappa shape index (κ3) is 2.99. The van der Waals surface area contributed by atoms with Crippen LogP contribution >= 0.6 is 0 Å². The molecule has 3 nitrogen and oxygen atoms in total. The standard InChI is InChI=1S/C14H20N2O/c1-11-4-2-3-5-13(11)16-8-6-12(7-9-16)10-14(15)17/h2-5,12H,6-10H2,1H3,(H2,15,17). The zero-order valence-electron chi connectivity index (χ0n) is 10.4. The molecule has 0 atom stereocenters. The van der Waals surface area contributed by atoms with Crippen molar-refractivity contribution in [2.24, 2.45) is 11.7 Å². The Balaban J connectivity index is 1.95. The maximum Gasteiger partial charge on any atom is 0.217 e. The first-order valence-corrected chi connectivity index (χ1v) is 6.25. The molecule has 1 aromatic carbocycles. The average Bonchev–Trinajstić information content (AvgIpc) is 2.30. The number of nitrogens with zero attached hydrogens (tertiary/aromatic N) is 1. The van der Waals surface area contributed by atoms with Crippen molar-refractivity contribution in [3.8, 4) is 0 Å². The Hall–Kier alpha value is -1.51. The average molecular weight is 232 g/mol. The summed E-state index contributed by atoms with van der Waals surface area (Å²) >= 11 is 0. The minimum Gasteiger partial charge on any atom is -0.371 e. The van der Waals surface area contributed by atoms with E-state index in [1.54, 1.807) is 0 Å². The number of hydrogen-bond donors (Lipinski definition) is 1. The lowest BCUT2D eigenvalue weighted by atomic mass is 9.93. The van der Waals surface area contributed by atoms with E-state index in [0.717, 1.165) is 25.9 Å². The number of amides is 1. The van der Waals surface area contributed by atoms with Crippen molar-refractivity contribution in [3.05, 3.63) is 29.8 Å². The molecule has 0 aromatic heterocycles. The monoisotopic (exact) mass is 232 g/mol. The van der Waals surface area contributed by atoms with Gasteiger partial charge in [-0.2, -0.15) is 0 Å². The number of aryl methyl sites for hydroxylation is 1. The van der Waals surface area contributed by atoms with Crippen LogP contribution < -0.4 is 10.6 Å². The topological polar surface area (TPSA) is 46.3 Å². The number of hydrogen-bond acceptors (Lipinski definition) is 2. The number of carbonyl (C=O) groups is 1. The molecule has 0 aliphatic carbocycles. The molecule has 1 aliphatic heterocycles. The lowest BCUT2D eigenvalue weighted by Crippen LogP contribution is -2.35. The molecule has 2 rings (SSSR count). The maximum absolute atomic E-state index is 10.9. The highest BCUT2D eigenvalue weighted by molar-refractivity contribution is 5.74. The summed E-state index contributed by atoms with van der Waals surface area (Å²) in [7, 11) is 0. The number of para-hydroxylation sites is 1. The summed E-state index contributed by atoms with van der Waals surface area (Å²) in [4.78, 5) is 13.3. The van der Waals surface area contributed by atoms with Crippen LogP contribution in [0.25, 0.3) is 0 Å². The summed E-state index contributed by atoms with van der Waals surface area (Å²) in [6, 6.07) is 8.46. The molecule has 0 unspecified atom stereocenters. The lowest BCUT2D eigenvalue weighted by molar-refractivity contribution is -0.119. The van der Waals surface area contributed by atoms with Crippen LogP contribution in [0.15, 0.2) is 24.3 Å². The molecular formula is C14H20N2O. The molecule has 1 fully saturated rings. The molecule has 0 bridgehead atoms. The smallest absolute Gasteiger partial charge is 0.217 e. The highest BCUT2D eigenvalue weighted by atomic mass is 16.1. The number of benzene rings is 1. The molecule has 0 radical (unpaired) electrons. The summed E-state index contributed by atoms with van der Waals surface area (Å²) in [5.41, 5.74) is 7.88. The Morgan fingerprint density at radius 2 is 2.00 bits per heavy atom. The van der Waals surface area contributed by atoms with Crippen LogP contribution in [0.2, 0.25) is 0 Å². The molecule has 17 heavy (non-hydrogen) atoms. The number of nitrogens with two attached hydrogens (primary N) is 1. The van der Waals surface area contributed by atoms with E-state index in [9.17, 15) is 4.79 Å². The van der Waals surface area contributed by atoms with Crippen molar-refractivity contribution in [1.29, 1.82) is 0 Å². The van der Waals surface area contributed by atoms with Crippen molar-refractivity contribution in [1.82, 2.24) is 0 Å². The zero-order valence-corrected chi connectivity index (χ0v) is 10.4. The lowest BCUT2D eigenvalue weighted by Gasteiger charge is -2.34. The van der Waals surface area contributed by atoms with E-state index in [1.165, 1.54) is 11.3 Å². The number of piperidine rings is 1. The molecular weight excluding hydrogens is 212 g/mol. The number of primary amides is 1. The van der Waals surface area contributed by atoms with E-state index < -0.39 is 0 Å². The quantitative estimate of drug-likeness (QED) is 0.867. The van der Waals surface area contributed by atoms with Gasteiger partial charge >= 0.3 is 0 Å². The van der Waals surface area contributed by atoms with Crippen LogP contribution in [0.4, 0.5) is 5.69 Å². The minimum atomic E-state index is -0.167. The van der Waals surface area contributed by atoms with E-state index >= 15 is 0 Å². The van der Waals surface area contributed by atoms with Gasteiger partial charge in [0.05, 0.1) is 0 Å². The Kier molecular flexibility index (Phi) is 3.67. The first-order chi connectivity index (χ1) is 8.16. The second-order valence-electron chi connectivity index (χ2n) is 4.89. The fraction of sp³-hybridized carbons (Fsp3) is 0.500. The van der Waals surface area contributed by atoms with Crippen LogP contribution in [-0.4, -0.2) is 19.0 Å². The fourth-order valence-corrected chi connectivity index (χ4v) is 2.58. The van der Waals surface area contributed by atoms with Gasteiger partial charge in [0.15, 0.2) is 0 Å². The van der Waals surface area contributed by atoms with Gasteiger partial charge < -0.3 is 10.6 Å². The maximum atomic E-state index is 10.9. The molecule has 0 saturated carbocycles. The van der Waals surface area contributed by atoms with Crippen molar-refractivity contribution in [3.63, 3.8) is 0 Å². The van der Waals surface area contributed by atoms with Crippen LogP contribution in [0.3, 0.4) is 0 Å². The number of carbonyl (C=O) groups excluding carboxylic acids is 1. The largest absolute Gasteiger partial charge is 0.371 e. The molecule has 1 aliphatic rings. The SMILES string of the molecule is Cc1ccccc1N1CCC(CC(N)=O)CC1. The van der Waals surface area contributed by atoms with Crippen molar-refractivity contribution in [2.75, 3.05) is 18.0 Å². The van der Waals surface area contributed by atoms with Crippen LogP contribution in [0.5, 0.6) is 0 Å². The van der Waals surface area contributed by atoms with E-state index in [4.69, 9.17) is 5.73 Å². The van der Waals surface area contributed by atoms with Gasteiger partial charge in [-0.25, -0.2) is 0 Å². The molecule has 1 aromatic rings. The highest BCUT2D eigenvalue weighted by Gasteiger charge is 2.21. The molecule has 1 heterocycles. The molecule has 1 amide bonds. The van der Waals surface area contributed by atoms with E-state index in [1.807, 2.05) is 0 Å². The summed E-state index contributed by atoms with van der Waals surface area (Å²) in [5, 5.41) is 0. The Morgan fingerprint density at radius 1 is 1.35 bits per heavy atom. The molecule has 3 heteroatoms. The van der Waals surface area contributed by atoms with Gasteiger partial charge in [0, 0.05) is 25.2 Å². The van der Waals surface area contributed by atoms with Gasteiger partial charge in [-0.1, -0.05) is 18.2 Å². The van der Waals surface area contributed by atoms with Crippen molar-refractivity contribution < 1.29 is 4.79 Å². The third-order valence-corrected chi connectivity index (χ3v) is 3.56. The van der Waals surface area contributed by atoms with Gasteiger partial charge in [0.25, 0.3) is 0 Å². The summed E-state index contributed by atoms with van der Waals surface area (Å²) < 4.78 is 0. The Morgan fingerprint density at radius 3 is 2.59 bits per heavy atom. The predicted molar refractivity (Wildman–Crippen MR) is 69.9 cm³/mol.